The fourth-order valence-electron chi connectivity index (χ4n) is 3.52. The smallest absolute Gasteiger partial charge is 0.146 e. The Labute approximate surface area is 120 Å². The third kappa shape index (κ3) is 2.81. The molecule has 0 radical (unpaired) electrons. The summed E-state index contributed by atoms with van der Waals surface area (Å²) in [5, 5.41) is 10.1. The Bertz CT molecular complexity index is 446. The molecular formula is C16H23FN2O. The van der Waals surface area contributed by atoms with Crippen LogP contribution in [-0.2, 0) is 0 Å². The number of aliphatic hydroxyl groups excluding tert-OH is 1. The molecule has 1 saturated heterocycles. The number of hydrogen-bond donors (Lipinski definition) is 1. The molecule has 1 aliphatic carbocycles. The zero-order chi connectivity index (χ0) is 13.9. The number of halogens is 1. The van der Waals surface area contributed by atoms with Crippen molar-refractivity contribution in [3.63, 3.8) is 0 Å². The Morgan fingerprint density at radius 1 is 1.00 bits per heavy atom. The summed E-state index contributed by atoms with van der Waals surface area (Å²) in [5.41, 5.74) is 0.705. The highest BCUT2D eigenvalue weighted by Gasteiger charge is 2.31. The molecule has 1 N–H and O–H groups in total. The quantitative estimate of drug-likeness (QED) is 0.899. The molecule has 1 saturated carbocycles. The molecule has 2 fully saturated rings. The van der Waals surface area contributed by atoms with E-state index in [0.29, 0.717) is 11.7 Å². The number of hydrogen-bond acceptors (Lipinski definition) is 3. The molecule has 2 aliphatic rings. The van der Waals surface area contributed by atoms with Crippen molar-refractivity contribution in [1.29, 1.82) is 0 Å². The van der Waals surface area contributed by atoms with Crippen molar-refractivity contribution in [2.24, 2.45) is 0 Å². The topological polar surface area (TPSA) is 26.7 Å². The normalized spacial score (nSPS) is 28.6. The minimum atomic E-state index is -0.177. The van der Waals surface area contributed by atoms with E-state index in [1.54, 1.807) is 6.07 Å². The van der Waals surface area contributed by atoms with Crippen LogP contribution in [0.25, 0.3) is 0 Å². The van der Waals surface area contributed by atoms with Crippen LogP contribution in [-0.4, -0.2) is 48.3 Å². The first kappa shape index (κ1) is 13.8. The Hall–Kier alpha value is -1.13. The van der Waals surface area contributed by atoms with E-state index in [4.69, 9.17) is 0 Å². The lowest BCUT2D eigenvalue weighted by Crippen LogP contribution is -2.54. The number of anilines is 1. The lowest BCUT2D eigenvalue weighted by atomic mass is 9.91. The molecular weight excluding hydrogens is 255 g/mol. The molecule has 3 rings (SSSR count). The van der Waals surface area contributed by atoms with Crippen molar-refractivity contribution in [2.75, 3.05) is 31.1 Å². The van der Waals surface area contributed by atoms with Gasteiger partial charge in [0.15, 0.2) is 0 Å². The van der Waals surface area contributed by atoms with Gasteiger partial charge in [-0.2, -0.15) is 0 Å². The van der Waals surface area contributed by atoms with Gasteiger partial charge in [-0.15, -0.1) is 0 Å². The summed E-state index contributed by atoms with van der Waals surface area (Å²) < 4.78 is 13.8. The summed E-state index contributed by atoms with van der Waals surface area (Å²) in [5.74, 6) is -0.140. The van der Waals surface area contributed by atoms with E-state index in [-0.39, 0.29) is 11.9 Å². The number of rotatable bonds is 2. The van der Waals surface area contributed by atoms with Crippen molar-refractivity contribution in [3.8, 4) is 0 Å². The van der Waals surface area contributed by atoms with E-state index in [0.717, 1.165) is 45.4 Å². The maximum absolute atomic E-state index is 13.8. The van der Waals surface area contributed by atoms with Gasteiger partial charge in [-0.05, 0) is 25.0 Å². The standard InChI is InChI=1S/C16H23FN2O/c17-13-5-1-2-6-14(13)18-9-11-19(12-10-18)15-7-3-4-8-16(15)20/h1-2,5-6,15-16,20H,3-4,7-12H2/t15-,16?/m0/s1. The minimum Gasteiger partial charge on any atom is -0.391 e. The average Bonchev–Trinajstić information content (AvgIpc) is 2.49. The largest absolute Gasteiger partial charge is 0.391 e. The maximum atomic E-state index is 13.8. The van der Waals surface area contributed by atoms with Crippen LogP contribution < -0.4 is 4.90 Å². The zero-order valence-corrected chi connectivity index (χ0v) is 11.8. The highest BCUT2D eigenvalue weighted by atomic mass is 19.1. The van der Waals surface area contributed by atoms with Gasteiger partial charge in [-0.3, -0.25) is 4.90 Å². The third-order valence-electron chi connectivity index (χ3n) is 4.67. The first-order valence-corrected chi connectivity index (χ1v) is 7.67. The Morgan fingerprint density at radius 2 is 1.70 bits per heavy atom. The van der Waals surface area contributed by atoms with E-state index in [9.17, 15) is 9.50 Å². The van der Waals surface area contributed by atoms with E-state index in [1.807, 2.05) is 12.1 Å². The van der Waals surface area contributed by atoms with E-state index >= 15 is 0 Å². The van der Waals surface area contributed by atoms with Gasteiger partial charge in [0.1, 0.15) is 5.82 Å². The van der Waals surface area contributed by atoms with E-state index in [1.165, 1.54) is 12.5 Å². The maximum Gasteiger partial charge on any atom is 0.146 e. The van der Waals surface area contributed by atoms with Crippen LogP contribution in [0.1, 0.15) is 25.7 Å². The Kier molecular flexibility index (Phi) is 4.22. The molecule has 0 bridgehead atoms. The number of aliphatic hydroxyl groups is 1. The van der Waals surface area contributed by atoms with Crippen LogP contribution in [0.5, 0.6) is 0 Å². The molecule has 0 spiro atoms. The van der Waals surface area contributed by atoms with Gasteiger partial charge >= 0.3 is 0 Å². The molecule has 1 aromatic carbocycles. The van der Waals surface area contributed by atoms with Gasteiger partial charge in [0.05, 0.1) is 11.8 Å². The Balaban J connectivity index is 1.61. The number of para-hydroxylation sites is 1. The minimum absolute atomic E-state index is 0.140. The van der Waals surface area contributed by atoms with Crippen LogP contribution in [0, 0.1) is 5.82 Å². The molecule has 1 aliphatic heterocycles. The number of nitrogens with zero attached hydrogens (tertiary/aromatic N) is 2. The van der Waals surface area contributed by atoms with Gasteiger partial charge in [0.25, 0.3) is 0 Å². The van der Waals surface area contributed by atoms with Crippen molar-refractivity contribution in [2.45, 2.75) is 37.8 Å². The summed E-state index contributed by atoms with van der Waals surface area (Å²) >= 11 is 0. The molecule has 0 amide bonds. The average molecular weight is 278 g/mol. The van der Waals surface area contributed by atoms with E-state index < -0.39 is 0 Å². The van der Waals surface area contributed by atoms with Crippen LogP contribution in [0.2, 0.25) is 0 Å². The fraction of sp³-hybridized carbons (Fsp3) is 0.625. The summed E-state index contributed by atoms with van der Waals surface area (Å²) in [6, 6.07) is 7.29. The highest BCUT2D eigenvalue weighted by Crippen LogP contribution is 2.26. The predicted octanol–water partition coefficient (Wildman–Crippen LogP) is 2.25. The van der Waals surface area contributed by atoms with Crippen molar-refractivity contribution >= 4 is 5.69 Å². The molecule has 4 heteroatoms. The van der Waals surface area contributed by atoms with Crippen LogP contribution >= 0.6 is 0 Å². The molecule has 20 heavy (non-hydrogen) atoms. The van der Waals surface area contributed by atoms with Gasteiger partial charge in [0.2, 0.25) is 0 Å². The van der Waals surface area contributed by atoms with Gasteiger partial charge < -0.3 is 10.0 Å². The molecule has 1 unspecified atom stereocenters. The second kappa shape index (κ2) is 6.10. The third-order valence-corrected chi connectivity index (χ3v) is 4.67. The molecule has 1 aromatic rings. The van der Waals surface area contributed by atoms with Crippen LogP contribution in [0.4, 0.5) is 10.1 Å². The predicted molar refractivity (Wildman–Crippen MR) is 78.4 cm³/mol. The van der Waals surface area contributed by atoms with Gasteiger partial charge in [0, 0.05) is 32.2 Å². The van der Waals surface area contributed by atoms with Crippen molar-refractivity contribution < 1.29 is 9.50 Å². The van der Waals surface area contributed by atoms with Crippen LogP contribution in [0.15, 0.2) is 24.3 Å². The summed E-state index contributed by atoms with van der Waals surface area (Å²) in [7, 11) is 0. The van der Waals surface area contributed by atoms with Gasteiger partial charge in [-0.1, -0.05) is 25.0 Å². The summed E-state index contributed by atoms with van der Waals surface area (Å²) in [6.45, 7) is 3.50. The molecule has 110 valence electrons. The lowest BCUT2D eigenvalue weighted by molar-refractivity contribution is 0.0172. The van der Waals surface area contributed by atoms with E-state index in [2.05, 4.69) is 9.80 Å². The first-order valence-electron chi connectivity index (χ1n) is 7.67. The molecule has 0 aromatic heterocycles. The Morgan fingerprint density at radius 3 is 2.40 bits per heavy atom. The SMILES string of the molecule is OC1CCCC[C@@H]1N1CCN(c2ccccc2F)CC1. The second-order valence-electron chi connectivity index (χ2n) is 5.89. The monoisotopic (exact) mass is 278 g/mol. The zero-order valence-electron chi connectivity index (χ0n) is 11.8. The van der Waals surface area contributed by atoms with Gasteiger partial charge in [-0.25, -0.2) is 4.39 Å². The summed E-state index contributed by atoms with van der Waals surface area (Å²) in [4.78, 5) is 4.50. The molecule has 1 heterocycles. The lowest BCUT2D eigenvalue weighted by Gasteiger charge is -2.43. The second-order valence-corrected chi connectivity index (χ2v) is 5.89. The van der Waals surface area contributed by atoms with Crippen LogP contribution in [0.3, 0.4) is 0 Å². The van der Waals surface area contributed by atoms with Crippen molar-refractivity contribution in [1.82, 2.24) is 4.90 Å². The van der Waals surface area contributed by atoms with Crippen molar-refractivity contribution in [3.05, 3.63) is 30.1 Å². The first-order chi connectivity index (χ1) is 9.75. The molecule has 2 atom stereocenters. The number of benzene rings is 1. The highest BCUT2D eigenvalue weighted by molar-refractivity contribution is 5.48. The summed E-state index contributed by atoms with van der Waals surface area (Å²) in [6.07, 6.45) is 4.21. The number of piperazine rings is 1. The fourth-order valence-corrected chi connectivity index (χ4v) is 3.52. The molecule has 3 nitrogen and oxygen atoms in total.